The Kier molecular flexibility index (Phi) is 6.16. The first kappa shape index (κ1) is 19.7. The van der Waals surface area contributed by atoms with Crippen molar-refractivity contribution in [2.45, 2.75) is 6.92 Å². The van der Waals surface area contributed by atoms with E-state index in [4.69, 9.17) is 15.9 Å². The molecule has 1 aromatic heterocycles. The standard InChI is InChI=1S/C20H16IN3O4/c1-3-9-28-18-15(21)10-13(11-17(18)27-4-2)12-22-24-19(25)14-7-5-6-8-16(14)23-20(24)26/h1,5-8,10-12H,4,9H2,2H3,(H,23,26). The molecule has 0 saturated carbocycles. The molecule has 0 fully saturated rings. The Balaban J connectivity index is 2.03. The number of para-hydroxylation sites is 1. The van der Waals surface area contributed by atoms with Crippen molar-refractivity contribution in [1.29, 1.82) is 0 Å². The van der Waals surface area contributed by atoms with E-state index in [0.29, 0.717) is 34.6 Å². The van der Waals surface area contributed by atoms with Crippen LogP contribution in [0.5, 0.6) is 11.5 Å². The van der Waals surface area contributed by atoms with Gasteiger partial charge in [-0.25, -0.2) is 4.79 Å². The summed E-state index contributed by atoms with van der Waals surface area (Å²) < 4.78 is 12.7. The van der Waals surface area contributed by atoms with Crippen LogP contribution in [0, 0.1) is 15.9 Å². The molecule has 8 heteroatoms. The van der Waals surface area contributed by atoms with Gasteiger partial charge < -0.3 is 14.5 Å². The maximum atomic E-state index is 12.5. The summed E-state index contributed by atoms with van der Waals surface area (Å²) in [5.41, 5.74) is -0.00883. The minimum Gasteiger partial charge on any atom is -0.490 e. The molecule has 0 atom stereocenters. The first-order valence-electron chi connectivity index (χ1n) is 8.36. The number of benzene rings is 2. The highest BCUT2D eigenvalue weighted by atomic mass is 127. The molecule has 0 aliphatic heterocycles. The highest BCUT2D eigenvalue weighted by Gasteiger charge is 2.12. The third-order valence-electron chi connectivity index (χ3n) is 3.74. The molecule has 28 heavy (non-hydrogen) atoms. The van der Waals surface area contributed by atoms with Crippen molar-refractivity contribution in [3.63, 3.8) is 0 Å². The van der Waals surface area contributed by atoms with E-state index in [0.717, 1.165) is 8.25 Å². The molecular formula is C20H16IN3O4. The summed E-state index contributed by atoms with van der Waals surface area (Å²) in [6.45, 7) is 2.41. The summed E-state index contributed by atoms with van der Waals surface area (Å²) >= 11 is 2.10. The summed E-state index contributed by atoms with van der Waals surface area (Å²) in [7, 11) is 0. The average Bonchev–Trinajstić information content (AvgIpc) is 2.67. The third-order valence-corrected chi connectivity index (χ3v) is 4.54. The number of H-pyrrole nitrogens is 1. The van der Waals surface area contributed by atoms with Crippen LogP contribution >= 0.6 is 22.6 Å². The molecule has 0 aliphatic rings. The lowest BCUT2D eigenvalue weighted by Crippen LogP contribution is -2.32. The van der Waals surface area contributed by atoms with Gasteiger partial charge in [-0.05, 0) is 59.3 Å². The maximum absolute atomic E-state index is 12.5. The van der Waals surface area contributed by atoms with E-state index in [-0.39, 0.29) is 6.61 Å². The van der Waals surface area contributed by atoms with E-state index < -0.39 is 11.2 Å². The van der Waals surface area contributed by atoms with Gasteiger partial charge in [-0.3, -0.25) is 4.79 Å². The Morgan fingerprint density at radius 2 is 2.07 bits per heavy atom. The van der Waals surface area contributed by atoms with Crippen LogP contribution in [-0.2, 0) is 0 Å². The number of rotatable bonds is 6. The molecule has 7 nitrogen and oxygen atoms in total. The van der Waals surface area contributed by atoms with Crippen molar-refractivity contribution in [3.05, 3.63) is 66.4 Å². The molecule has 3 aromatic rings. The second-order valence-corrected chi connectivity index (χ2v) is 6.76. The lowest BCUT2D eigenvalue weighted by atomic mass is 10.2. The first-order valence-corrected chi connectivity index (χ1v) is 9.44. The predicted octanol–water partition coefficient (Wildman–Crippen LogP) is 2.59. The zero-order valence-corrected chi connectivity index (χ0v) is 17.1. The molecule has 0 saturated heterocycles. The fraction of sp³-hybridized carbons (Fsp3) is 0.150. The van der Waals surface area contributed by atoms with E-state index in [9.17, 15) is 9.59 Å². The smallest absolute Gasteiger partial charge is 0.349 e. The quantitative estimate of drug-likeness (QED) is 0.328. The van der Waals surface area contributed by atoms with Crippen LogP contribution in [0.1, 0.15) is 12.5 Å². The van der Waals surface area contributed by atoms with Gasteiger partial charge in [0.15, 0.2) is 11.5 Å². The molecular weight excluding hydrogens is 473 g/mol. The Morgan fingerprint density at radius 1 is 1.29 bits per heavy atom. The molecule has 0 amide bonds. The van der Waals surface area contributed by atoms with Gasteiger partial charge in [-0.15, -0.1) is 11.1 Å². The topological polar surface area (TPSA) is 85.7 Å². The summed E-state index contributed by atoms with van der Waals surface area (Å²) in [5.74, 6) is 3.46. The normalized spacial score (nSPS) is 10.9. The Labute approximate surface area is 174 Å². The summed E-state index contributed by atoms with van der Waals surface area (Å²) in [5, 5.41) is 4.44. The predicted molar refractivity (Wildman–Crippen MR) is 116 cm³/mol. The van der Waals surface area contributed by atoms with Gasteiger partial charge in [0.05, 0.1) is 27.3 Å². The molecule has 0 radical (unpaired) electrons. The number of nitrogens with one attached hydrogen (secondary N) is 1. The van der Waals surface area contributed by atoms with Crippen molar-refractivity contribution < 1.29 is 9.47 Å². The number of hydrogen-bond acceptors (Lipinski definition) is 5. The van der Waals surface area contributed by atoms with Gasteiger partial charge in [-0.1, -0.05) is 18.1 Å². The molecule has 3 rings (SSSR count). The number of hydrogen-bond donors (Lipinski definition) is 1. The van der Waals surface area contributed by atoms with Gasteiger partial charge in [0.25, 0.3) is 5.56 Å². The fourth-order valence-corrected chi connectivity index (χ4v) is 3.34. The Hall–Kier alpha value is -3.06. The largest absolute Gasteiger partial charge is 0.490 e. The fourth-order valence-electron chi connectivity index (χ4n) is 2.56. The number of aromatic amines is 1. The maximum Gasteiger partial charge on any atom is 0.349 e. The number of nitrogens with zero attached hydrogens (tertiary/aromatic N) is 2. The lowest BCUT2D eigenvalue weighted by molar-refractivity contribution is 0.298. The van der Waals surface area contributed by atoms with E-state index in [1.165, 1.54) is 6.21 Å². The van der Waals surface area contributed by atoms with Gasteiger partial charge in [0.2, 0.25) is 0 Å². The number of aromatic nitrogens is 2. The number of fused-ring (bicyclic) bond motifs is 1. The van der Waals surface area contributed by atoms with E-state index in [2.05, 4.69) is 38.6 Å². The minimum absolute atomic E-state index is 0.116. The zero-order chi connectivity index (χ0) is 20.1. The average molecular weight is 489 g/mol. The lowest BCUT2D eigenvalue weighted by Gasteiger charge is -2.13. The van der Waals surface area contributed by atoms with Crippen LogP contribution in [0.3, 0.4) is 0 Å². The SMILES string of the molecule is C#CCOc1c(I)cc(C=Nn2c(=O)[nH]c3ccccc3c2=O)cc1OCC. The highest BCUT2D eigenvalue weighted by Crippen LogP contribution is 2.33. The number of halogens is 1. The summed E-state index contributed by atoms with van der Waals surface area (Å²) in [6.07, 6.45) is 6.67. The first-order chi connectivity index (χ1) is 13.5. The third kappa shape index (κ3) is 4.09. The van der Waals surface area contributed by atoms with Crippen molar-refractivity contribution in [1.82, 2.24) is 9.66 Å². The molecule has 142 valence electrons. The highest BCUT2D eigenvalue weighted by molar-refractivity contribution is 14.1. The van der Waals surface area contributed by atoms with Crippen molar-refractivity contribution in [2.75, 3.05) is 13.2 Å². The molecule has 0 aliphatic carbocycles. The Morgan fingerprint density at radius 3 is 2.82 bits per heavy atom. The van der Waals surface area contributed by atoms with Crippen LogP contribution in [0.15, 0.2) is 51.1 Å². The van der Waals surface area contributed by atoms with Crippen LogP contribution in [0.25, 0.3) is 10.9 Å². The van der Waals surface area contributed by atoms with Crippen molar-refractivity contribution in [3.8, 4) is 23.8 Å². The van der Waals surface area contributed by atoms with E-state index >= 15 is 0 Å². The second kappa shape index (κ2) is 8.75. The van der Waals surface area contributed by atoms with Gasteiger partial charge in [0, 0.05) is 0 Å². The van der Waals surface area contributed by atoms with Crippen LogP contribution in [-0.4, -0.2) is 29.1 Å². The van der Waals surface area contributed by atoms with E-state index in [1.807, 2.05) is 6.92 Å². The van der Waals surface area contributed by atoms with Gasteiger partial charge in [0.1, 0.15) is 6.61 Å². The molecule has 2 aromatic carbocycles. The number of ether oxygens (including phenoxy) is 2. The zero-order valence-electron chi connectivity index (χ0n) is 14.9. The Bertz CT molecular complexity index is 1200. The van der Waals surface area contributed by atoms with Crippen molar-refractivity contribution in [2.24, 2.45) is 5.10 Å². The van der Waals surface area contributed by atoms with Gasteiger partial charge >= 0.3 is 5.69 Å². The monoisotopic (exact) mass is 489 g/mol. The molecule has 0 bridgehead atoms. The van der Waals surface area contributed by atoms with Crippen molar-refractivity contribution >= 4 is 39.7 Å². The summed E-state index contributed by atoms with van der Waals surface area (Å²) in [4.78, 5) is 27.4. The molecule has 1 heterocycles. The molecule has 1 N–H and O–H groups in total. The number of terminal acetylenes is 1. The minimum atomic E-state index is -0.617. The van der Waals surface area contributed by atoms with E-state index in [1.54, 1.807) is 36.4 Å². The second-order valence-electron chi connectivity index (χ2n) is 5.59. The van der Waals surface area contributed by atoms with Crippen LogP contribution in [0.2, 0.25) is 0 Å². The molecule has 0 unspecified atom stereocenters. The van der Waals surface area contributed by atoms with Gasteiger partial charge in [-0.2, -0.15) is 5.10 Å². The molecule has 0 spiro atoms. The summed E-state index contributed by atoms with van der Waals surface area (Å²) in [6, 6.07) is 10.3. The van der Waals surface area contributed by atoms with Crippen LogP contribution in [0.4, 0.5) is 0 Å². The van der Waals surface area contributed by atoms with Crippen LogP contribution < -0.4 is 20.7 Å².